The number of halogens is 1. The summed E-state index contributed by atoms with van der Waals surface area (Å²) in [6.45, 7) is 6.96. The summed E-state index contributed by atoms with van der Waals surface area (Å²) in [7, 11) is 0. The van der Waals surface area contributed by atoms with Gasteiger partial charge in [0.1, 0.15) is 21.5 Å². The predicted molar refractivity (Wildman–Crippen MR) is 94.9 cm³/mol. The molecule has 2 N–H and O–H groups in total. The van der Waals surface area contributed by atoms with Crippen LogP contribution in [0.15, 0.2) is 17.0 Å². The third kappa shape index (κ3) is 3.33. The van der Waals surface area contributed by atoms with Crippen LogP contribution in [-0.4, -0.2) is 44.1 Å². The number of fused-ring (bicyclic) bond motifs is 1. The van der Waals surface area contributed by atoms with Gasteiger partial charge in [-0.25, -0.2) is 14.8 Å². The number of hydrogen-bond donors (Lipinski definition) is 1. The number of amides is 1. The SMILES string of the molecule is CC(C)(C)OC(=O)N1CCC(c2nc(Br)c3c(N)nccn23)CC1. The van der Waals surface area contributed by atoms with E-state index in [-0.39, 0.29) is 12.0 Å². The number of rotatable bonds is 1. The molecule has 2 aromatic heterocycles. The summed E-state index contributed by atoms with van der Waals surface area (Å²) >= 11 is 3.47. The minimum atomic E-state index is -0.470. The molecule has 1 aliphatic heterocycles. The molecule has 0 radical (unpaired) electrons. The molecule has 130 valence electrons. The molecule has 1 fully saturated rings. The van der Waals surface area contributed by atoms with Crippen molar-refractivity contribution in [3.8, 4) is 0 Å². The van der Waals surface area contributed by atoms with Gasteiger partial charge in [0.2, 0.25) is 0 Å². The van der Waals surface area contributed by atoms with Crippen LogP contribution < -0.4 is 5.73 Å². The molecule has 2 aromatic rings. The van der Waals surface area contributed by atoms with Crippen LogP contribution in [0.2, 0.25) is 0 Å². The fraction of sp³-hybridized carbons (Fsp3) is 0.562. The Morgan fingerprint density at radius 2 is 2.04 bits per heavy atom. The number of likely N-dealkylation sites (tertiary alicyclic amines) is 1. The Bertz CT molecular complexity index is 760. The van der Waals surface area contributed by atoms with Crippen LogP contribution in [0.4, 0.5) is 10.6 Å². The van der Waals surface area contributed by atoms with Gasteiger partial charge in [-0.15, -0.1) is 0 Å². The third-order valence-corrected chi connectivity index (χ3v) is 4.63. The van der Waals surface area contributed by atoms with Crippen molar-refractivity contribution in [3.63, 3.8) is 0 Å². The Morgan fingerprint density at radius 1 is 1.38 bits per heavy atom. The smallest absolute Gasteiger partial charge is 0.410 e. The standard InChI is InChI=1S/C16H22BrN5O2/c1-16(2,3)24-15(23)21-7-4-10(5-8-21)14-20-12(17)11-13(18)19-6-9-22(11)14/h6,9-10H,4-5,7-8H2,1-3H3,(H2,18,19). The van der Waals surface area contributed by atoms with Crippen molar-refractivity contribution in [1.82, 2.24) is 19.3 Å². The molecule has 1 amide bonds. The van der Waals surface area contributed by atoms with Gasteiger partial charge in [0.05, 0.1) is 0 Å². The molecular weight excluding hydrogens is 374 g/mol. The molecule has 0 bridgehead atoms. The number of piperidine rings is 1. The van der Waals surface area contributed by atoms with Crippen molar-refractivity contribution in [2.75, 3.05) is 18.8 Å². The van der Waals surface area contributed by atoms with Crippen molar-refractivity contribution >= 4 is 33.4 Å². The lowest BCUT2D eigenvalue weighted by atomic mass is 9.96. The summed E-state index contributed by atoms with van der Waals surface area (Å²) in [6, 6.07) is 0. The molecular formula is C16H22BrN5O2. The number of aromatic nitrogens is 3. The highest BCUT2D eigenvalue weighted by atomic mass is 79.9. The van der Waals surface area contributed by atoms with E-state index in [9.17, 15) is 4.79 Å². The van der Waals surface area contributed by atoms with E-state index in [0.717, 1.165) is 24.2 Å². The zero-order chi connectivity index (χ0) is 17.5. The predicted octanol–water partition coefficient (Wildman–Crippen LogP) is 3.19. The van der Waals surface area contributed by atoms with Crippen molar-refractivity contribution in [3.05, 3.63) is 22.8 Å². The van der Waals surface area contributed by atoms with E-state index in [1.807, 2.05) is 31.4 Å². The van der Waals surface area contributed by atoms with Crippen LogP contribution in [-0.2, 0) is 4.74 Å². The molecule has 1 saturated heterocycles. The average Bonchev–Trinajstić information content (AvgIpc) is 2.84. The van der Waals surface area contributed by atoms with Crippen molar-refractivity contribution in [2.45, 2.75) is 45.1 Å². The number of nitrogens with zero attached hydrogens (tertiary/aromatic N) is 4. The first-order valence-electron chi connectivity index (χ1n) is 8.02. The first-order valence-corrected chi connectivity index (χ1v) is 8.81. The number of carbonyl (C=O) groups is 1. The lowest BCUT2D eigenvalue weighted by Gasteiger charge is -2.33. The van der Waals surface area contributed by atoms with Crippen LogP contribution in [0, 0.1) is 0 Å². The van der Waals surface area contributed by atoms with Gasteiger partial charge in [-0.2, -0.15) is 0 Å². The quantitative estimate of drug-likeness (QED) is 0.800. The molecule has 0 spiro atoms. The van der Waals surface area contributed by atoms with E-state index in [4.69, 9.17) is 10.5 Å². The molecule has 8 heteroatoms. The number of imidazole rings is 1. The second kappa shape index (κ2) is 6.23. The van der Waals surface area contributed by atoms with E-state index < -0.39 is 5.60 Å². The molecule has 0 saturated carbocycles. The van der Waals surface area contributed by atoms with Crippen molar-refractivity contribution in [1.29, 1.82) is 0 Å². The second-order valence-corrected chi connectivity index (χ2v) is 7.78. The van der Waals surface area contributed by atoms with Gasteiger partial charge in [-0.05, 0) is 49.5 Å². The maximum absolute atomic E-state index is 12.2. The molecule has 7 nitrogen and oxygen atoms in total. The van der Waals surface area contributed by atoms with Crippen LogP contribution in [0.3, 0.4) is 0 Å². The van der Waals surface area contributed by atoms with E-state index >= 15 is 0 Å². The van der Waals surface area contributed by atoms with Gasteiger partial charge < -0.3 is 15.4 Å². The van der Waals surface area contributed by atoms with E-state index in [0.29, 0.717) is 23.5 Å². The van der Waals surface area contributed by atoms with Crippen LogP contribution in [0.5, 0.6) is 0 Å². The van der Waals surface area contributed by atoms with Crippen LogP contribution in [0.25, 0.3) is 5.52 Å². The highest BCUT2D eigenvalue weighted by molar-refractivity contribution is 9.10. The minimum absolute atomic E-state index is 0.247. The van der Waals surface area contributed by atoms with Gasteiger partial charge in [-0.3, -0.25) is 4.40 Å². The highest BCUT2D eigenvalue weighted by Gasteiger charge is 2.30. The number of anilines is 1. The van der Waals surface area contributed by atoms with Gasteiger partial charge in [0.25, 0.3) is 0 Å². The topological polar surface area (TPSA) is 85.8 Å². The normalized spacial score (nSPS) is 16.6. The summed E-state index contributed by atoms with van der Waals surface area (Å²) in [5, 5.41) is 0. The molecule has 24 heavy (non-hydrogen) atoms. The maximum atomic E-state index is 12.2. The van der Waals surface area contributed by atoms with Gasteiger partial charge in [0, 0.05) is 31.4 Å². The first-order chi connectivity index (χ1) is 11.3. The first kappa shape index (κ1) is 17.0. The Morgan fingerprint density at radius 3 is 2.67 bits per heavy atom. The molecule has 3 rings (SSSR count). The summed E-state index contributed by atoms with van der Waals surface area (Å²) in [5.41, 5.74) is 6.27. The second-order valence-electron chi connectivity index (χ2n) is 7.03. The van der Waals surface area contributed by atoms with Gasteiger partial charge in [0.15, 0.2) is 5.82 Å². The largest absolute Gasteiger partial charge is 0.444 e. The molecule has 1 aliphatic rings. The lowest BCUT2D eigenvalue weighted by molar-refractivity contribution is 0.0203. The highest BCUT2D eigenvalue weighted by Crippen LogP contribution is 2.32. The lowest BCUT2D eigenvalue weighted by Crippen LogP contribution is -2.41. The van der Waals surface area contributed by atoms with Gasteiger partial charge >= 0.3 is 6.09 Å². The molecule has 0 aromatic carbocycles. The maximum Gasteiger partial charge on any atom is 0.410 e. The minimum Gasteiger partial charge on any atom is -0.444 e. The fourth-order valence-corrected chi connectivity index (χ4v) is 3.55. The molecule has 0 atom stereocenters. The third-order valence-electron chi connectivity index (χ3n) is 4.08. The Labute approximate surface area is 149 Å². The van der Waals surface area contributed by atoms with Crippen LogP contribution >= 0.6 is 15.9 Å². The summed E-state index contributed by atoms with van der Waals surface area (Å²) < 4.78 is 8.13. The van der Waals surface area contributed by atoms with E-state index in [1.54, 1.807) is 11.1 Å². The zero-order valence-corrected chi connectivity index (χ0v) is 15.7. The Hall–Kier alpha value is -1.83. The Balaban J connectivity index is 1.74. The van der Waals surface area contributed by atoms with Crippen molar-refractivity contribution < 1.29 is 9.53 Å². The van der Waals surface area contributed by atoms with Crippen LogP contribution in [0.1, 0.15) is 45.4 Å². The molecule has 3 heterocycles. The van der Waals surface area contributed by atoms with E-state index in [1.165, 1.54) is 0 Å². The number of hydrogen-bond acceptors (Lipinski definition) is 5. The average molecular weight is 396 g/mol. The number of carbonyl (C=O) groups excluding carboxylic acids is 1. The van der Waals surface area contributed by atoms with Crippen molar-refractivity contribution in [2.24, 2.45) is 0 Å². The summed E-state index contributed by atoms with van der Waals surface area (Å²) in [4.78, 5) is 22.7. The summed E-state index contributed by atoms with van der Waals surface area (Å²) in [6.07, 6.45) is 4.98. The monoisotopic (exact) mass is 395 g/mol. The summed E-state index contributed by atoms with van der Waals surface area (Å²) in [5.74, 6) is 1.67. The zero-order valence-electron chi connectivity index (χ0n) is 14.1. The fourth-order valence-electron chi connectivity index (χ4n) is 2.98. The Kier molecular flexibility index (Phi) is 4.42. The number of ether oxygens (including phenoxy) is 1. The van der Waals surface area contributed by atoms with E-state index in [2.05, 4.69) is 25.9 Å². The van der Waals surface area contributed by atoms with Gasteiger partial charge in [-0.1, -0.05) is 0 Å². The number of nitrogen functional groups attached to an aromatic ring is 1. The number of nitrogens with two attached hydrogens (primary N) is 1. The molecule has 0 unspecified atom stereocenters. The molecule has 0 aliphatic carbocycles.